The number of carbonyl (C=O) groups is 3. The normalized spacial score (nSPS) is 21.6. The van der Waals surface area contributed by atoms with Crippen molar-refractivity contribution in [3.05, 3.63) is 29.8 Å². The molecule has 0 spiro atoms. The van der Waals surface area contributed by atoms with Gasteiger partial charge in [0.15, 0.2) is 9.84 Å². The molecule has 27 heavy (non-hydrogen) atoms. The Kier molecular flexibility index (Phi) is 5.64. The van der Waals surface area contributed by atoms with E-state index in [1.807, 2.05) is 0 Å². The van der Waals surface area contributed by atoms with Crippen molar-refractivity contribution in [2.24, 2.45) is 0 Å². The van der Waals surface area contributed by atoms with Crippen LogP contribution >= 0.6 is 0 Å². The molecule has 2 N–H and O–H groups in total. The van der Waals surface area contributed by atoms with Crippen LogP contribution in [0.25, 0.3) is 0 Å². The maximum Gasteiger partial charge on any atom is 0.319 e. The van der Waals surface area contributed by atoms with Gasteiger partial charge in [0.25, 0.3) is 5.91 Å². The Morgan fingerprint density at radius 2 is 1.74 bits per heavy atom. The molecule has 9 nitrogen and oxygen atoms in total. The SMILES string of the molecule is O=CN1CCN(C(=O)c2ccc(NC(=O)N[C@H]3CCS(=O)(=O)C3)cc2)CC1. The molecular weight excluding hydrogens is 372 g/mol. The van der Waals surface area contributed by atoms with Gasteiger partial charge in [0.1, 0.15) is 0 Å². The molecule has 0 aromatic heterocycles. The van der Waals surface area contributed by atoms with Crippen molar-refractivity contribution in [1.29, 1.82) is 0 Å². The van der Waals surface area contributed by atoms with Gasteiger partial charge in [0.05, 0.1) is 11.5 Å². The highest BCUT2D eigenvalue weighted by Crippen LogP contribution is 2.14. The van der Waals surface area contributed by atoms with Crippen molar-refractivity contribution in [3.8, 4) is 0 Å². The molecule has 2 saturated heterocycles. The van der Waals surface area contributed by atoms with Crippen molar-refractivity contribution >= 4 is 33.9 Å². The molecule has 146 valence electrons. The van der Waals surface area contributed by atoms with Crippen LogP contribution in [0.2, 0.25) is 0 Å². The van der Waals surface area contributed by atoms with Crippen LogP contribution in [0, 0.1) is 0 Å². The third-order valence-electron chi connectivity index (χ3n) is 4.71. The van der Waals surface area contributed by atoms with E-state index in [4.69, 9.17) is 0 Å². The summed E-state index contributed by atoms with van der Waals surface area (Å²) in [6.45, 7) is 2.02. The summed E-state index contributed by atoms with van der Waals surface area (Å²) in [5.74, 6) is -0.0612. The third kappa shape index (κ3) is 4.97. The molecule has 1 aromatic carbocycles. The second-order valence-corrected chi connectivity index (χ2v) is 8.94. The van der Waals surface area contributed by atoms with Crippen LogP contribution in [0.5, 0.6) is 0 Å². The number of hydrogen-bond acceptors (Lipinski definition) is 5. The van der Waals surface area contributed by atoms with Gasteiger partial charge in [-0.05, 0) is 30.7 Å². The Morgan fingerprint density at radius 1 is 1.07 bits per heavy atom. The standard InChI is InChI=1S/C17H22N4O5S/c22-12-20-6-8-21(9-7-20)16(23)13-1-3-14(4-2-13)18-17(24)19-15-5-10-27(25,26)11-15/h1-4,12,15H,5-11H2,(H2,18,19,24)/t15-/m0/s1. The first kappa shape index (κ1) is 19.2. The topological polar surface area (TPSA) is 116 Å². The van der Waals surface area contributed by atoms with Crippen LogP contribution in [-0.4, -0.2) is 80.3 Å². The number of benzene rings is 1. The number of amides is 4. The van der Waals surface area contributed by atoms with Crippen LogP contribution in [0.1, 0.15) is 16.8 Å². The minimum absolute atomic E-state index is 0.0365. The van der Waals surface area contributed by atoms with Crippen molar-refractivity contribution in [3.63, 3.8) is 0 Å². The first-order valence-corrected chi connectivity index (χ1v) is 10.5. The minimum atomic E-state index is -3.05. The molecule has 1 aromatic rings. The number of anilines is 1. The van der Waals surface area contributed by atoms with Crippen LogP contribution in [-0.2, 0) is 14.6 Å². The summed E-state index contributed by atoms with van der Waals surface area (Å²) in [5, 5.41) is 5.28. The Hall–Kier alpha value is -2.62. The zero-order valence-electron chi connectivity index (χ0n) is 14.8. The third-order valence-corrected chi connectivity index (χ3v) is 6.48. The highest BCUT2D eigenvalue weighted by atomic mass is 32.2. The van der Waals surface area contributed by atoms with E-state index in [0.717, 1.165) is 6.41 Å². The summed E-state index contributed by atoms with van der Waals surface area (Å²) in [6.07, 6.45) is 1.20. The van der Waals surface area contributed by atoms with E-state index in [1.165, 1.54) is 0 Å². The van der Waals surface area contributed by atoms with Gasteiger partial charge in [0, 0.05) is 43.5 Å². The summed E-state index contributed by atoms with van der Waals surface area (Å²) in [5.41, 5.74) is 1.01. The number of rotatable bonds is 4. The second kappa shape index (κ2) is 7.95. The predicted octanol–water partition coefficient (Wildman–Crippen LogP) is -0.0906. The predicted molar refractivity (Wildman–Crippen MR) is 99.2 cm³/mol. The lowest BCUT2D eigenvalue weighted by Crippen LogP contribution is -2.48. The molecule has 0 radical (unpaired) electrons. The van der Waals surface area contributed by atoms with E-state index in [2.05, 4.69) is 10.6 Å². The summed E-state index contributed by atoms with van der Waals surface area (Å²) in [7, 11) is -3.05. The molecule has 0 saturated carbocycles. The van der Waals surface area contributed by atoms with Crippen molar-refractivity contribution in [2.45, 2.75) is 12.5 Å². The molecule has 2 heterocycles. The van der Waals surface area contributed by atoms with Crippen LogP contribution in [0.4, 0.5) is 10.5 Å². The van der Waals surface area contributed by atoms with Crippen molar-refractivity contribution < 1.29 is 22.8 Å². The molecule has 10 heteroatoms. The molecule has 2 fully saturated rings. The van der Waals surface area contributed by atoms with Gasteiger partial charge in [0.2, 0.25) is 6.41 Å². The lowest BCUT2D eigenvalue weighted by Gasteiger charge is -2.32. The number of hydrogen-bond donors (Lipinski definition) is 2. The molecule has 2 aliphatic heterocycles. The lowest BCUT2D eigenvalue weighted by atomic mass is 10.1. The summed E-state index contributed by atoms with van der Waals surface area (Å²) >= 11 is 0. The number of sulfone groups is 1. The number of carbonyl (C=O) groups excluding carboxylic acids is 3. The van der Waals surface area contributed by atoms with Gasteiger partial charge < -0.3 is 20.4 Å². The van der Waals surface area contributed by atoms with Gasteiger partial charge >= 0.3 is 6.03 Å². The van der Waals surface area contributed by atoms with Crippen LogP contribution < -0.4 is 10.6 Å². The number of nitrogens with one attached hydrogen (secondary N) is 2. The Labute approximate surface area is 157 Å². The zero-order chi connectivity index (χ0) is 19.4. The van der Waals surface area contributed by atoms with Gasteiger partial charge in [-0.2, -0.15) is 0 Å². The van der Waals surface area contributed by atoms with Gasteiger partial charge in [-0.1, -0.05) is 0 Å². The molecule has 0 aliphatic carbocycles. The van der Waals surface area contributed by atoms with E-state index < -0.39 is 15.9 Å². The molecule has 1 atom stereocenters. The first-order valence-electron chi connectivity index (χ1n) is 8.73. The van der Waals surface area contributed by atoms with Gasteiger partial charge in [-0.25, -0.2) is 13.2 Å². The van der Waals surface area contributed by atoms with Crippen molar-refractivity contribution in [1.82, 2.24) is 15.1 Å². The van der Waals surface area contributed by atoms with Crippen LogP contribution in [0.15, 0.2) is 24.3 Å². The molecular formula is C17H22N4O5S. The largest absolute Gasteiger partial charge is 0.342 e. The van der Waals surface area contributed by atoms with E-state index in [-0.39, 0.29) is 23.5 Å². The Balaban J connectivity index is 1.52. The molecule has 2 aliphatic rings. The number of nitrogens with zero attached hydrogens (tertiary/aromatic N) is 2. The highest BCUT2D eigenvalue weighted by molar-refractivity contribution is 7.91. The Bertz CT molecular complexity index is 816. The average molecular weight is 394 g/mol. The van der Waals surface area contributed by atoms with E-state index >= 15 is 0 Å². The van der Waals surface area contributed by atoms with Gasteiger partial charge in [-0.3, -0.25) is 9.59 Å². The molecule has 0 unspecified atom stereocenters. The average Bonchev–Trinajstić information content (AvgIpc) is 3.00. The molecule has 4 amide bonds. The smallest absolute Gasteiger partial charge is 0.319 e. The summed E-state index contributed by atoms with van der Waals surface area (Å²) in [4.78, 5) is 38.5. The first-order chi connectivity index (χ1) is 12.9. The fraction of sp³-hybridized carbons (Fsp3) is 0.471. The summed E-state index contributed by atoms with van der Waals surface area (Å²) in [6, 6.07) is 5.66. The minimum Gasteiger partial charge on any atom is -0.342 e. The van der Waals surface area contributed by atoms with E-state index in [0.29, 0.717) is 43.9 Å². The number of urea groups is 1. The monoisotopic (exact) mass is 394 g/mol. The van der Waals surface area contributed by atoms with Gasteiger partial charge in [-0.15, -0.1) is 0 Å². The highest BCUT2D eigenvalue weighted by Gasteiger charge is 2.29. The second-order valence-electron chi connectivity index (χ2n) is 6.71. The molecule has 3 rings (SSSR count). The maximum atomic E-state index is 12.5. The maximum absolute atomic E-state index is 12.5. The number of piperazine rings is 1. The lowest BCUT2D eigenvalue weighted by molar-refractivity contribution is -0.119. The fourth-order valence-electron chi connectivity index (χ4n) is 3.17. The molecule has 0 bridgehead atoms. The quantitative estimate of drug-likeness (QED) is 0.693. The summed E-state index contributed by atoms with van der Waals surface area (Å²) < 4.78 is 22.8. The fourth-order valence-corrected chi connectivity index (χ4v) is 4.84. The Morgan fingerprint density at radius 3 is 2.30 bits per heavy atom. The van der Waals surface area contributed by atoms with E-state index in [9.17, 15) is 22.8 Å². The zero-order valence-corrected chi connectivity index (χ0v) is 15.6. The van der Waals surface area contributed by atoms with Crippen molar-refractivity contribution in [2.75, 3.05) is 43.0 Å². The van der Waals surface area contributed by atoms with E-state index in [1.54, 1.807) is 34.1 Å². The van der Waals surface area contributed by atoms with Crippen LogP contribution in [0.3, 0.4) is 0 Å².